The van der Waals surface area contributed by atoms with Gasteiger partial charge < -0.3 is 4.90 Å². The zero-order chi connectivity index (χ0) is 8.93. The van der Waals surface area contributed by atoms with Crippen LogP contribution in [0.15, 0.2) is 0 Å². The maximum atomic E-state index is 11.4. The fourth-order valence-electron chi connectivity index (χ4n) is 2.24. The van der Waals surface area contributed by atoms with Crippen LogP contribution >= 0.6 is 0 Å². The predicted molar refractivity (Wildman–Crippen MR) is 46.8 cm³/mol. The normalized spacial score (nSPS) is 27.7. The van der Waals surface area contributed by atoms with Crippen molar-refractivity contribution in [3.05, 3.63) is 0 Å². The van der Waals surface area contributed by atoms with E-state index >= 15 is 0 Å². The minimum Gasteiger partial charge on any atom is -0.344 e. The summed E-state index contributed by atoms with van der Waals surface area (Å²) in [6.07, 6.45) is 0. The third kappa shape index (κ3) is 0.829. The molecule has 0 atom stereocenters. The summed E-state index contributed by atoms with van der Waals surface area (Å²) in [4.78, 5) is 15.6. The number of amides is 1. The minimum absolute atomic E-state index is 0.0407. The minimum atomic E-state index is 0.0407. The van der Waals surface area contributed by atoms with Gasteiger partial charge in [0.05, 0.1) is 5.41 Å². The van der Waals surface area contributed by atoms with Gasteiger partial charge in [0, 0.05) is 32.7 Å². The molecule has 0 radical (unpaired) electrons. The first kappa shape index (κ1) is 8.05. The molecule has 2 fully saturated rings. The Morgan fingerprint density at radius 2 is 1.92 bits per heavy atom. The summed E-state index contributed by atoms with van der Waals surface area (Å²) < 4.78 is 0. The van der Waals surface area contributed by atoms with Crippen molar-refractivity contribution < 1.29 is 4.79 Å². The molecule has 0 aliphatic carbocycles. The molecule has 0 unspecified atom stereocenters. The number of β-lactam (4-membered cyclic amide) rings is 1. The molecule has 2 heterocycles. The third-order valence-corrected chi connectivity index (χ3v) is 3.08. The van der Waals surface area contributed by atoms with Crippen LogP contribution in [0.4, 0.5) is 0 Å². The van der Waals surface area contributed by atoms with Crippen molar-refractivity contribution in [3.63, 3.8) is 0 Å². The highest BCUT2D eigenvalue weighted by atomic mass is 16.2. The van der Waals surface area contributed by atoms with Gasteiger partial charge in [-0.3, -0.25) is 9.69 Å². The Morgan fingerprint density at radius 3 is 2.25 bits per heavy atom. The largest absolute Gasteiger partial charge is 0.344 e. The van der Waals surface area contributed by atoms with Crippen LogP contribution in [0.1, 0.15) is 13.8 Å². The van der Waals surface area contributed by atoms with Crippen molar-refractivity contribution in [2.45, 2.75) is 19.9 Å². The monoisotopic (exact) mass is 168 g/mol. The van der Waals surface area contributed by atoms with Gasteiger partial charge in [0.1, 0.15) is 0 Å². The van der Waals surface area contributed by atoms with Crippen LogP contribution < -0.4 is 0 Å². The summed E-state index contributed by atoms with van der Waals surface area (Å²) in [5.41, 5.74) is 0.0407. The fraction of sp³-hybridized carbons (Fsp3) is 0.889. The highest BCUT2D eigenvalue weighted by Crippen LogP contribution is 2.40. The summed E-state index contributed by atoms with van der Waals surface area (Å²) >= 11 is 0. The van der Waals surface area contributed by atoms with Gasteiger partial charge in [-0.05, 0) is 13.8 Å². The van der Waals surface area contributed by atoms with Crippen LogP contribution in [-0.2, 0) is 4.79 Å². The van der Waals surface area contributed by atoms with Crippen LogP contribution in [0.3, 0.4) is 0 Å². The van der Waals surface area contributed by atoms with E-state index < -0.39 is 0 Å². The van der Waals surface area contributed by atoms with E-state index in [1.165, 1.54) is 0 Å². The summed E-state index contributed by atoms with van der Waals surface area (Å²) in [5.74, 6) is 0.347. The van der Waals surface area contributed by atoms with Crippen molar-refractivity contribution in [3.8, 4) is 0 Å². The summed E-state index contributed by atoms with van der Waals surface area (Å²) in [6, 6.07) is 0.592. The Balaban J connectivity index is 1.93. The lowest BCUT2D eigenvalue weighted by Crippen LogP contribution is -2.75. The average Bonchev–Trinajstić information content (AvgIpc) is 1.93. The van der Waals surface area contributed by atoms with E-state index in [-0.39, 0.29) is 5.41 Å². The molecule has 3 nitrogen and oxygen atoms in total. The van der Waals surface area contributed by atoms with Gasteiger partial charge >= 0.3 is 0 Å². The van der Waals surface area contributed by atoms with Crippen molar-refractivity contribution in [2.24, 2.45) is 5.41 Å². The molecule has 2 aliphatic heterocycles. The Kier molecular flexibility index (Phi) is 1.49. The van der Waals surface area contributed by atoms with Crippen molar-refractivity contribution in [1.29, 1.82) is 0 Å². The molecule has 2 saturated heterocycles. The number of hydrogen-bond acceptors (Lipinski definition) is 2. The molecule has 2 aliphatic rings. The van der Waals surface area contributed by atoms with Crippen LogP contribution in [-0.4, -0.2) is 48.4 Å². The third-order valence-electron chi connectivity index (χ3n) is 3.08. The molecule has 0 aromatic carbocycles. The molecule has 1 spiro atoms. The smallest absolute Gasteiger partial charge is 0.232 e. The standard InChI is InChI=1S/C9H16N2O/c1-7(2)11-5-9(6-11)4-10(3)8(9)12/h7H,4-6H2,1-3H3. The Labute approximate surface area is 73.3 Å². The number of rotatable bonds is 1. The lowest BCUT2D eigenvalue weighted by molar-refractivity contribution is -0.178. The molecule has 0 aromatic rings. The lowest BCUT2D eigenvalue weighted by atomic mass is 9.71. The molecule has 0 aromatic heterocycles. The van der Waals surface area contributed by atoms with Crippen LogP contribution in [0.2, 0.25) is 0 Å². The second-order valence-corrected chi connectivity index (χ2v) is 4.44. The van der Waals surface area contributed by atoms with Crippen molar-refractivity contribution >= 4 is 5.91 Å². The number of hydrogen-bond donors (Lipinski definition) is 0. The first-order chi connectivity index (χ1) is 5.55. The van der Waals surface area contributed by atoms with E-state index in [1.54, 1.807) is 0 Å². The van der Waals surface area contributed by atoms with E-state index in [1.807, 2.05) is 11.9 Å². The number of nitrogens with zero attached hydrogens (tertiary/aromatic N) is 2. The van der Waals surface area contributed by atoms with E-state index in [0.29, 0.717) is 11.9 Å². The van der Waals surface area contributed by atoms with Gasteiger partial charge in [-0.1, -0.05) is 0 Å². The van der Waals surface area contributed by atoms with Gasteiger partial charge in [0.15, 0.2) is 0 Å². The quantitative estimate of drug-likeness (QED) is 0.521. The van der Waals surface area contributed by atoms with E-state index in [9.17, 15) is 4.79 Å². The van der Waals surface area contributed by atoms with Crippen molar-refractivity contribution in [1.82, 2.24) is 9.80 Å². The Bertz CT molecular complexity index is 219. The predicted octanol–water partition coefficient (Wildman–Crippen LogP) is 0.169. The number of likely N-dealkylation sites (tertiary alicyclic amines) is 2. The average molecular weight is 168 g/mol. The van der Waals surface area contributed by atoms with Gasteiger partial charge in [0.25, 0.3) is 0 Å². The number of carbonyl (C=O) groups excluding carboxylic acids is 1. The second kappa shape index (κ2) is 2.22. The molecule has 0 N–H and O–H groups in total. The first-order valence-corrected chi connectivity index (χ1v) is 4.55. The molecule has 3 heteroatoms. The topological polar surface area (TPSA) is 23.6 Å². The summed E-state index contributed by atoms with van der Waals surface area (Å²) in [7, 11) is 1.88. The summed E-state index contributed by atoms with van der Waals surface area (Å²) in [6.45, 7) is 7.29. The maximum Gasteiger partial charge on any atom is 0.232 e. The van der Waals surface area contributed by atoms with Crippen LogP contribution in [0.25, 0.3) is 0 Å². The lowest BCUT2D eigenvalue weighted by Gasteiger charge is -2.59. The maximum absolute atomic E-state index is 11.4. The molecular formula is C9H16N2O. The van der Waals surface area contributed by atoms with E-state index in [4.69, 9.17) is 0 Å². The van der Waals surface area contributed by atoms with Crippen LogP contribution in [0.5, 0.6) is 0 Å². The molecule has 12 heavy (non-hydrogen) atoms. The van der Waals surface area contributed by atoms with E-state index in [2.05, 4.69) is 18.7 Å². The highest BCUT2D eigenvalue weighted by molar-refractivity contribution is 5.90. The van der Waals surface area contributed by atoms with E-state index in [0.717, 1.165) is 19.6 Å². The molecule has 1 amide bonds. The Morgan fingerprint density at radius 1 is 1.33 bits per heavy atom. The first-order valence-electron chi connectivity index (χ1n) is 4.55. The molecule has 68 valence electrons. The molecule has 2 rings (SSSR count). The SMILES string of the molecule is CC(C)N1CC2(CN(C)C2=O)C1. The van der Waals surface area contributed by atoms with Gasteiger partial charge in [-0.15, -0.1) is 0 Å². The Hall–Kier alpha value is -0.570. The fourth-order valence-corrected chi connectivity index (χ4v) is 2.24. The van der Waals surface area contributed by atoms with Gasteiger partial charge in [-0.2, -0.15) is 0 Å². The van der Waals surface area contributed by atoms with Gasteiger partial charge in [-0.25, -0.2) is 0 Å². The van der Waals surface area contributed by atoms with Gasteiger partial charge in [0.2, 0.25) is 5.91 Å². The molecule has 0 saturated carbocycles. The zero-order valence-corrected chi connectivity index (χ0v) is 8.00. The molecule has 0 bridgehead atoms. The highest BCUT2D eigenvalue weighted by Gasteiger charge is 2.58. The zero-order valence-electron chi connectivity index (χ0n) is 8.00. The number of carbonyl (C=O) groups is 1. The molecular weight excluding hydrogens is 152 g/mol. The van der Waals surface area contributed by atoms with Crippen LogP contribution in [0, 0.1) is 5.41 Å². The second-order valence-electron chi connectivity index (χ2n) is 4.44. The van der Waals surface area contributed by atoms with Crippen molar-refractivity contribution in [2.75, 3.05) is 26.7 Å². The summed E-state index contributed by atoms with van der Waals surface area (Å²) in [5, 5.41) is 0.